The average molecular weight is 369 g/mol. The van der Waals surface area contributed by atoms with Gasteiger partial charge in [-0.3, -0.25) is 5.32 Å². The molecule has 4 N–H and O–H groups in total. The summed E-state index contributed by atoms with van der Waals surface area (Å²) in [7, 11) is 0. The van der Waals surface area contributed by atoms with E-state index in [-0.39, 0.29) is 0 Å². The fourth-order valence-corrected chi connectivity index (χ4v) is 2.84. The molecule has 4 amide bonds. The number of alkyl halides is 3. The second-order valence-corrected chi connectivity index (χ2v) is 6.16. The highest BCUT2D eigenvalue weighted by molar-refractivity contribution is 7.99. The number of imide groups is 1. The second kappa shape index (κ2) is 7.47. The van der Waals surface area contributed by atoms with Crippen molar-refractivity contribution in [2.24, 2.45) is 5.73 Å². The molecule has 0 aromatic heterocycles. The van der Waals surface area contributed by atoms with E-state index >= 15 is 0 Å². The van der Waals surface area contributed by atoms with Crippen molar-refractivity contribution >= 4 is 29.5 Å². The van der Waals surface area contributed by atoms with Crippen LogP contribution in [0.25, 0.3) is 0 Å². The van der Waals surface area contributed by atoms with Crippen LogP contribution in [0.1, 0.15) is 11.1 Å². The molecule has 0 saturated heterocycles. The first-order valence-electron chi connectivity index (χ1n) is 6.98. The van der Waals surface area contributed by atoms with E-state index in [9.17, 15) is 22.8 Å². The topological polar surface area (TPSA) is 84.2 Å². The van der Waals surface area contributed by atoms with Crippen molar-refractivity contribution in [1.82, 2.24) is 5.32 Å². The van der Waals surface area contributed by atoms with Gasteiger partial charge in [-0.2, -0.15) is 13.2 Å². The van der Waals surface area contributed by atoms with Gasteiger partial charge in [-0.15, -0.1) is 0 Å². The van der Waals surface area contributed by atoms with Gasteiger partial charge in [-0.1, -0.05) is 11.8 Å². The number of halogens is 3. The zero-order valence-electron chi connectivity index (χ0n) is 13.0. The van der Waals surface area contributed by atoms with E-state index in [0.717, 1.165) is 22.6 Å². The van der Waals surface area contributed by atoms with Crippen LogP contribution in [-0.2, 0) is 6.18 Å². The van der Waals surface area contributed by atoms with Gasteiger partial charge in [-0.05, 0) is 55.0 Å². The average Bonchev–Trinajstić information content (AvgIpc) is 2.49. The third kappa shape index (κ3) is 5.42. The molecule has 5 nitrogen and oxygen atoms in total. The molecule has 0 aliphatic carbocycles. The highest BCUT2D eigenvalue weighted by Gasteiger charge is 2.29. The van der Waals surface area contributed by atoms with Crippen LogP contribution < -0.4 is 16.4 Å². The number of hydrogen-bond donors (Lipinski definition) is 3. The molecule has 25 heavy (non-hydrogen) atoms. The molecule has 2 aromatic carbocycles. The maximum atomic E-state index is 12.6. The lowest BCUT2D eigenvalue weighted by Crippen LogP contribution is -2.38. The van der Waals surface area contributed by atoms with E-state index in [1.54, 1.807) is 25.1 Å². The predicted octanol–water partition coefficient (Wildman–Crippen LogP) is 4.37. The van der Waals surface area contributed by atoms with Gasteiger partial charge < -0.3 is 11.1 Å². The summed E-state index contributed by atoms with van der Waals surface area (Å²) < 4.78 is 37.7. The summed E-state index contributed by atoms with van der Waals surface area (Å²) in [5.74, 6) is 0. The minimum Gasteiger partial charge on any atom is -0.351 e. The molecule has 2 rings (SSSR count). The zero-order chi connectivity index (χ0) is 18.6. The Balaban J connectivity index is 2.08. The molecule has 2 aromatic rings. The van der Waals surface area contributed by atoms with Crippen molar-refractivity contribution in [2.45, 2.75) is 22.9 Å². The molecule has 0 heterocycles. The molecule has 0 fully saturated rings. The molecule has 0 spiro atoms. The minimum absolute atomic E-state index is 0.452. The highest BCUT2D eigenvalue weighted by atomic mass is 32.2. The minimum atomic E-state index is -4.36. The second-order valence-electron chi connectivity index (χ2n) is 5.05. The van der Waals surface area contributed by atoms with Crippen LogP contribution >= 0.6 is 11.8 Å². The number of urea groups is 2. The Morgan fingerprint density at radius 3 is 2.24 bits per heavy atom. The lowest BCUT2D eigenvalue weighted by atomic mass is 10.2. The van der Waals surface area contributed by atoms with Crippen LogP contribution in [0, 0.1) is 6.92 Å². The molecule has 0 aliphatic heterocycles. The Bertz CT molecular complexity index is 792. The number of carbonyl (C=O) groups is 2. The van der Waals surface area contributed by atoms with Crippen LogP contribution in [0.15, 0.2) is 52.3 Å². The first-order chi connectivity index (χ1) is 11.6. The molecule has 132 valence electrons. The zero-order valence-corrected chi connectivity index (χ0v) is 13.8. The number of nitrogens with one attached hydrogen (secondary N) is 2. The van der Waals surface area contributed by atoms with E-state index in [1.165, 1.54) is 23.9 Å². The maximum Gasteiger partial charge on any atom is 0.416 e. The summed E-state index contributed by atoms with van der Waals surface area (Å²) in [5.41, 5.74) is 5.40. The Labute approximate surface area is 145 Å². The molecular weight excluding hydrogens is 355 g/mol. The Kier molecular flexibility index (Phi) is 5.58. The molecule has 9 heteroatoms. The molecule has 0 aliphatic rings. The van der Waals surface area contributed by atoms with Gasteiger partial charge in [0.25, 0.3) is 0 Å². The number of rotatable bonds is 3. The monoisotopic (exact) mass is 369 g/mol. The first kappa shape index (κ1) is 18.7. The van der Waals surface area contributed by atoms with Crippen LogP contribution in [0.5, 0.6) is 0 Å². The molecule has 0 atom stereocenters. The van der Waals surface area contributed by atoms with Gasteiger partial charge >= 0.3 is 18.2 Å². The molecule has 0 saturated carbocycles. The van der Waals surface area contributed by atoms with E-state index < -0.39 is 23.8 Å². The standard InChI is InChI=1S/C16H14F3N3O2S/c1-9-8-11(21-15(24)22-14(20)23)4-7-13(9)25-12-5-2-10(3-6-12)16(17,18)19/h2-8H,1H3,(H4,20,21,22,23,24). The Morgan fingerprint density at radius 1 is 1.08 bits per heavy atom. The van der Waals surface area contributed by atoms with Gasteiger partial charge in [0.15, 0.2) is 0 Å². The molecule has 0 unspecified atom stereocenters. The number of anilines is 1. The lowest BCUT2D eigenvalue weighted by Gasteiger charge is -2.11. The van der Waals surface area contributed by atoms with Gasteiger partial charge in [0.2, 0.25) is 0 Å². The fraction of sp³-hybridized carbons (Fsp3) is 0.125. The van der Waals surface area contributed by atoms with Crippen molar-refractivity contribution in [1.29, 1.82) is 0 Å². The van der Waals surface area contributed by atoms with Crippen molar-refractivity contribution < 1.29 is 22.8 Å². The summed E-state index contributed by atoms with van der Waals surface area (Å²) in [4.78, 5) is 23.5. The molecule has 0 radical (unpaired) electrons. The molecular formula is C16H14F3N3O2S. The number of primary amides is 1. The summed E-state index contributed by atoms with van der Waals surface area (Å²) >= 11 is 1.30. The van der Waals surface area contributed by atoms with Gasteiger partial charge in [-0.25, -0.2) is 9.59 Å². The van der Waals surface area contributed by atoms with Gasteiger partial charge in [0.05, 0.1) is 5.56 Å². The number of hydrogen-bond acceptors (Lipinski definition) is 3. The summed E-state index contributed by atoms with van der Waals surface area (Å²) in [5, 5.41) is 4.32. The Hall–Kier alpha value is -2.68. The van der Waals surface area contributed by atoms with Gasteiger partial charge in [0.1, 0.15) is 0 Å². The summed E-state index contributed by atoms with van der Waals surface area (Å²) in [6, 6.07) is 8.14. The predicted molar refractivity (Wildman–Crippen MR) is 88.5 cm³/mol. The van der Waals surface area contributed by atoms with Crippen LogP contribution in [-0.4, -0.2) is 12.1 Å². The van der Waals surface area contributed by atoms with Crippen molar-refractivity contribution in [3.05, 3.63) is 53.6 Å². The van der Waals surface area contributed by atoms with Crippen LogP contribution in [0.3, 0.4) is 0 Å². The van der Waals surface area contributed by atoms with E-state index in [4.69, 9.17) is 5.73 Å². The number of carbonyl (C=O) groups excluding carboxylic acids is 2. The van der Waals surface area contributed by atoms with Crippen molar-refractivity contribution in [3.8, 4) is 0 Å². The third-order valence-electron chi connectivity index (χ3n) is 3.08. The largest absolute Gasteiger partial charge is 0.416 e. The number of amides is 4. The summed E-state index contributed by atoms with van der Waals surface area (Å²) in [6.07, 6.45) is -4.36. The SMILES string of the molecule is Cc1cc(NC(=O)NC(N)=O)ccc1Sc1ccc(C(F)(F)F)cc1. The summed E-state index contributed by atoms with van der Waals surface area (Å²) in [6.45, 7) is 1.80. The maximum absolute atomic E-state index is 12.6. The first-order valence-corrected chi connectivity index (χ1v) is 7.80. The highest BCUT2D eigenvalue weighted by Crippen LogP contribution is 2.34. The Morgan fingerprint density at radius 2 is 1.72 bits per heavy atom. The van der Waals surface area contributed by atoms with E-state index in [1.807, 2.05) is 5.32 Å². The van der Waals surface area contributed by atoms with E-state index in [2.05, 4.69) is 5.32 Å². The quantitative estimate of drug-likeness (QED) is 0.751. The van der Waals surface area contributed by atoms with Crippen molar-refractivity contribution in [2.75, 3.05) is 5.32 Å². The smallest absolute Gasteiger partial charge is 0.351 e. The van der Waals surface area contributed by atoms with Crippen LogP contribution in [0.2, 0.25) is 0 Å². The normalized spacial score (nSPS) is 11.0. The number of aryl methyl sites for hydroxylation is 1. The number of benzene rings is 2. The number of nitrogens with two attached hydrogens (primary N) is 1. The molecule has 0 bridgehead atoms. The third-order valence-corrected chi connectivity index (χ3v) is 4.26. The lowest BCUT2D eigenvalue weighted by molar-refractivity contribution is -0.137. The van der Waals surface area contributed by atoms with Crippen LogP contribution in [0.4, 0.5) is 28.4 Å². The fourth-order valence-electron chi connectivity index (χ4n) is 1.95. The van der Waals surface area contributed by atoms with Gasteiger partial charge in [0, 0.05) is 15.5 Å². The van der Waals surface area contributed by atoms with Crippen molar-refractivity contribution in [3.63, 3.8) is 0 Å². The van der Waals surface area contributed by atoms with E-state index in [0.29, 0.717) is 10.6 Å².